The van der Waals surface area contributed by atoms with E-state index in [9.17, 15) is 14.7 Å². The van der Waals surface area contributed by atoms with Crippen LogP contribution in [0.4, 0.5) is 0 Å². The van der Waals surface area contributed by atoms with E-state index < -0.39 is 0 Å². The molecule has 1 aliphatic carbocycles. The lowest BCUT2D eigenvalue weighted by Crippen LogP contribution is -2.45. The van der Waals surface area contributed by atoms with Gasteiger partial charge in [0.1, 0.15) is 5.71 Å². The maximum atomic E-state index is 12.6. The Balaban J connectivity index is 1.76. The minimum atomic E-state index is -0.327. The van der Waals surface area contributed by atoms with Gasteiger partial charge in [-0.15, -0.1) is 0 Å². The molecule has 0 saturated heterocycles. The maximum Gasteiger partial charge on any atom is 0.267 e. The van der Waals surface area contributed by atoms with Crippen molar-refractivity contribution in [2.45, 2.75) is 37.8 Å². The Morgan fingerprint density at radius 1 is 1.40 bits per heavy atom. The molecule has 1 fully saturated rings. The minimum Gasteiger partial charge on any atom is -0.481 e. The van der Waals surface area contributed by atoms with E-state index in [1.165, 1.54) is 5.01 Å². The highest BCUT2D eigenvalue weighted by Crippen LogP contribution is 2.38. The summed E-state index contributed by atoms with van der Waals surface area (Å²) >= 11 is 0. The highest BCUT2D eigenvalue weighted by Gasteiger charge is 2.36. The Morgan fingerprint density at radius 2 is 2.16 bits per heavy atom. The largest absolute Gasteiger partial charge is 0.481 e. The van der Waals surface area contributed by atoms with E-state index in [-0.39, 0.29) is 36.3 Å². The first-order chi connectivity index (χ1) is 12.0. The normalized spacial score (nSPS) is 24.2. The fourth-order valence-electron chi connectivity index (χ4n) is 3.13. The van der Waals surface area contributed by atoms with Crippen LogP contribution in [-0.2, 0) is 9.59 Å². The number of aromatic nitrogens is 1. The molecule has 1 aromatic heterocycles. The summed E-state index contributed by atoms with van der Waals surface area (Å²) in [5, 5.41) is 17.9. The molecular weight excluding hydrogens is 324 g/mol. The van der Waals surface area contributed by atoms with Gasteiger partial charge in [-0.3, -0.25) is 9.59 Å². The zero-order chi connectivity index (χ0) is 18.0. The Bertz CT molecular complexity index is 682. The number of amides is 2. The van der Waals surface area contributed by atoms with Crippen molar-refractivity contribution in [1.82, 2.24) is 15.3 Å². The van der Waals surface area contributed by atoms with Crippen LogP contribution in [0.3, 0.4) is 0 Å². The van der Waals surface area contributed by atoms with Crippen LogP contribution in [0.25, 0.3) is 0 Å². The van der Waals surface area contributed by atoms with E-state index in [2.05, 4.69) is 15.4 Å². The molecule has 0 aromatic carbocycles. The summed E-state index contributed by atoms with van der Waals surface area (Å²) in [6.45, 7) is 0. The summed E-state index contributed by atoms with van der Waals surface area (Å²) in [4.78, 5) is 28.3. The second kappa shape index (κ2) is 7.18. The highest BCUT2D eigenvalue weighted by atomic mass is 16.5. The molecule has 134 valence electrons. The van der Waals surface area contributed by atoms with Crippen molar-refractivity contribution in [3.63, 3.8) is 0 Å². The highest BCUT2D eigenvalue weighted by molar-refractivity contribution is 6.39. The summed E-state index contributed by atoms with van der Waals surface area (Å²) in [5.41, 5.74) is 1.19. The van der Waals surface area contributed by atoms with Crippen molar-refractivity contribution in [3.05, 3.63) is 23.9 Å². The molecular formula is C17H22N4O4. The third-order valence-electron chi connectivity index (χ3n) is 4.70. The van der Waals surface area contributed by atoms with Gasteiger partial charge in [-0.2, -0.15) is 5.10 Å². The zero-order valence-corrected chi connectivity index (χ0v) is 14.3. The Morgan fingerprint density at radius 3 is 2.72 bits per heavy atom. The maximum absolute atomic E-state index is 12.6. The van der Waals surface area contributed by atoms with E-state index in [1.54, 1.807) is 26.4 Å². The minimum absolute atomic E-state index is 0.102. The molecule has 8 heteroatoms. The first kappa shape index (κ1) is 17.3. The van der Waals surface area contributed by atoms with Gasteiger partial charge >= 0.3 is 0 Å². The average Bonchev–Trinajstić information content (AvgIpc) is 2.59. The van der Waals surface area contributed by atoms with E-state index >= 15 is 0 Å². The van der Waals surface area contributed by atoms with Gasteiger partial charge in [0.2, 0.25) is 11.8 Å². The average molecular weight is 346 g/mol. The molecule has 2 heterocycles. The molecule has 3 rings (SSSR count). The quantitative estimate of drug-likeness (QED) is 0.814. The lowest BCUT2D eigenvalue weighted by molar-refractivity contribution is -0.130. The van der Waals surface area contributed by atoms with Crippen LogP contribution >= 0.6 is 0 Å². The van der Waals surface area contributed by atoms with Crippen molar-refractivity contribution in [2.24, 2.45) is 11.0 Å². The number of carbonyl (C=O) groups excluding carboxylic acids is 2. The predicted octanol–water partition coefficient (Wildman–Crippen LogP) is 0.627. The van der Waals surface area contributed by atoms with Gasteiger partial charge in [0.25, 0.3) is 5.91 Å². The Labute approximate surface area is 145 Å². The standard InChI is InChI=1S/C17H22N4O4/c1-21-15(23)6-4-13(20-21)17(24)19-16(11-7-12(22)8-11)10-3-5-14(25-2)18-9-10/h3,5,9,11-12,16,22H,4,6-8H2,1-2H3,(H,19,24)/t11?,12?,16-/m1/s1. The van der Waals surface area contributed by atoms with Gasteiger partial charge in [0.15, 0.2) is 0 Å². The number of nitrogens with zero attached hydrogens (tertiary/aromatic N) is 3. The number of rotatable bonds is 5. The van der Waals surface area contributed by atoms with Gasteiger partial charge in [-0.25, -0.2) is 9.99 Å². The van der Waals surface area contributed by atoms with Crippen molar-refractivity contribution in [2.75, 3.05) is 14.2 Å². The third kappa shape index (κ3) is 3.79. The molecule has 1 saturated carbocycles. The van der Waals surface area contributed by atoms with Crippen LogP contribution in [-0.4, -0.2) is 52.9 Å². The fourth-order valence-corrected chi connectivity index (χ4v) is 3.13. The molecule has 0 unspecified atom stereocenters. The zero-order valence-electron chi connectivity index (χ0n) is 14.3. The summed E-state index contributed by atoms with van der Waals surface area (Å²) in [7, 11) is 3.09. The lowest BCUT2D eigenvalue weighted by atomic mass is 9.75. The number of hydrogen-bond acceptors (Lipinski definition) is 6. The van der Waals surface area contributed by atoms with Crippen molar-refractivity contribution < 1.29 is 19.4 Å². The number of hydrazone groups is 1. The van der Waals surface area contributed by atoms with Crippen molar-refractivity contribution in [1.29, 1.82) is 0 Å². The second-order valence-corrected chi connectivity index (χ2v) is 6.43. The summed E-state index contributed by atoms with van der Waals surface area (Å²) in [6, 6.07) is 3.34. The number of aliphatic hydroxyl groups is 1. The molecule has 8 nitrogen and oxygen atoms in total. The molecule has 1 aliphatic heterocycles. The summed E-state index contributed by atoms with van der Waals surface area (Å²) in [6.07, 6.45) is 3.21. The van der Waals surface area contributed by atoms with Gasteiger partial charge in [0.05, 0.1) is 19.3 Å². The fraction of sp³-hybridized carbons (Fsp3) is 0.529. The molecule has 1 aromatic rings. The number of carbonyl (C=O) groups is 2. The molecule has 2 amide bonds. The van der Waals surface area contributed by atoms with Crippen molar-refractivity contribution >= 4 is 17.5 Å². The molecule has 25 heavy (non-hydrogen) atoms. The summed E-state index contributed by atoms with van der Waals surface area (Å²) < 4.78 is 5.07. The van der Waals surface area contributed by atoms with Crippen LogP contribution in [0, 0.1) is 5.92 Å². The Kier molecular flexibility index (Phi) is 4.98. The predicted molar refractivity (Wildman–Crippen MR) is 89.8 cm³/mol. The van der Waals surface area contributed by atoms with Crippen molar-refractivity contribution in [3.8, 4) is 5.88 Å². The van der Waals surface area contributed by atoms with Crippen LogP contribution in [0.15, 0.2) is 23.4 Å². The van der Waals surface area contributed by atoms with E-state index in [0.29, 0.717) is 30.9 Å². The molecule has 0 spiro atoms. The Hall–Kier alpha value is -2.48. The van der Waals surface area contributed by atoms with Crippen LogP contribution < -0.4 is 10.1 Å². The van der Waals surface area contributed by atoms with Gasteiger partial charge in [-0.05, 0) is 24.3 Å². The van der Waals surface area contributed by atoms with Gasteiger partial charge in [-0.1, -0.05) is 6.07 Å². The molecule has 0 bridgehead atoms. The lowest BCUT2D eigenvalue weighted by Gasteiger charge is -2.38. The van der Waals surface area contributed by atoms with Gasteiger partial charge < -0.3 is 15.2 Å². The molecule has 2 aliphatic rings. The van der Waals surface area contributed by atoms with Crippen LogP contribution in [0.2, 0.25) is 0 Å². The first-order valence-corrected chi connectivity index (χ1v) is 8.31. The number of pyridine rings is 1. The number of nitrogens with one attached hydrogen (secondary N) is 1. The SMILES string of the molecule is COc1ccc([C@@H](NC(=O)C2=NN(C)C(=O)CC2)C2CC(O)C2)cn1. The van der Waals surface area contributed by atoms with Gasteiger partial charge in [0, 0.05) is 32.2 Å². The van der Waals surface area contributed by atoms with Crippen LogP contribution in [0.5, 0.6) is 5.88 Å². The monoisotopic (exact) mass is 346 g/mol. The van der Waals surface area contributed by atoms with Crippen LogP contribution in [0.1, 0.15) is 37.3 Å². The smallest absolute Gasteiger partial charge is 0.267 e. The number of hydrogen-bond donors (Lipinski definition) is 2. The van der Waals surface area contributed by atoms with E-state index in [1.807, 2.05) is 6.07 Å². The summed E-state index contributed by atoms with van der Waals surface area (Å²) in [5.74, 6) is 0.244. The molecule has 2 N–H and O–H groups in total. The van der Waals surface area contributed by atoms with E-state index in [4.69, 9.17) is 4.74 Å². The number of aliphatic hydroxyl groups excluding tert-OH is 1. The van der Waals surface area contributed by atoms with E-state index in [0.717, 1.165) is 5.56 Å². The number of methoxy groups -OCH3 is 1. The second-order valence-electron chi connectivity index (χ2n) is 6.43. The molecule has 0 radical (unpaired) electrons. The number of ether oxygens (including phenoxy) is 1. The first-order valence-electron chi connectivity index (χ1n) is 8.31. The third-order valence-corrected chi connectivity index (χ3v) is 4.70. The topological polar surface area (TPSA) is 104 Å². The molecule has 1 atom stereocenters.